The predicted octanol–water partition coefficient (Wildman–Crippen LogP) is 5.34. The van der Waals surface area contributed by atoms with Gasteiger partial charge in [-0.3, -0.25) is 4.98 Å². The van der Waals surface area contributed by atoms with Gasteiger partial charge in [-0.05, 0) is 28.8 Å². The Morgan fingerprint density at radius 3 is 1.85 bits per heavy atom. The molecule has 1 unspecified atom stereocenters. The number of nitrogens with zero attached hydrogens (tertiary/aromatic N) is 2. The molecule has 7 heteroatoms. The summed E-state index contributed by atoms with van der Waals surface area (Å²) in [6, 6.07) is 35.9. The molecule has 1 fully saturated rings. The maximum atomic E-state index is 6.64. The van der Waals surface area contributed by atoms with Crippen LogP contribution >= 0.6 is 0 Å². The highest BCUT2D eigenvalue weighted by atomic mass is 16.6. The number of ether oxygens (including phenoxy) is 5. The lowest BCUT2D eigenvalue weighted by molar-refractivity contribution is -0.275. The molecule has 3 aromatic carbocycles. The molecule has 0 bridgehead atoms. The average Bonchev–Trinajstić information content (AvgIpc) is 3.45. The van der Waals surface area contributed by atoms with E-state index in [9.17, 15) is 0 Å². The Labute approximate surface area is 234 Å². The molecule has 4 atom stereocenters. The summed E-state index contributed by atoms with van der Waals surface area (Å²) in [5, 5.41) is 0. The van der Waals surface area contributed by atoms with E-state index in [4.69, 9.17) is 28.7 Å². The van der Waals surface area contributed by atoms with Gasteiger partial charge < -0.3 is 23.7 Å². The molecule has 0 radical (unpaired) electrons. The highest BCUT2D eigenvalue weighted by molar-refractivity contribution is 5.93. The zero-order chi connectivity index (χ0) is 27.0. The second kappa shape index (κ2) is 12.5. The standard InChI is InChI=1S/C33H32N2O5/c1-4-12-25(13-5-1)20-36-29-23-40-33(24-39-32(35-33)28-18-10-11-19-34-28)31(38-22-27-16-8-3-9-17-27)30(29)37-21-26-14-6-2-7-15-26/h1-19,29-31H,20-24H2/t29-,30-,31+,33?/m1/s1. The van der Waals surface area contributed by atoms with Crippen LogP contribution < -0.4 is 0 Å². The first-order chi connectivity index (χ1) is 19.8. The number of hydrogen-bond donors (Lipinski definition) is 0. The van der Waals surface area contributed by atoms with Crippen LogP contribution in [0.15, 0.2) is 120 Å². The summed E-state index contributed by atoms with van der Waals surface area (Å²) < 4.78 is 32.3. The zero-order valence-corrected chi connectivity index (χ0v) is 22.2. The fraction of sp³-hybridized carbons (Fsp3) is 0.273. The Hall–Kier alpha value is -3.88. The summed E-state index contributed by atoms with van der Waals surface area (Å²) in [7, 11) is 0. The maximum Gasteiger partial charge on any atom is 0.238 e. The first-order valence-corrected chi connectivity index (χ1v) is 13.5. The minimum Gasteiger partial charge on any atom is -0.471 e. The van der Waals surface area contributed by atoms with E-state index in [0.717, 1.165) is 16.7 Å². The van der Waals surface area contributed by atoms with Crippen molar-refractivity contribution in [3.05, 3.63) is 138 Å². The molecule has 0 saturated carbocycles. The Balaban J connectivity index is 1.31. The number of hydrogen-bond acceptors (Lipinski definition) is 7. The van der Waals surface area contributed by atoms with Crippen molar-refractivity contribution in [2.45, 2.75) is 43.9 Å². The van der Waals surface area contributed by atoms with Gasteiger partial charge in [-0.25, -0.2) is 4.99 Å². The van der Waals surface area contributed by atoms with Gasteiger partial charge in [-0.15, -0.1) is 0 Å². The maximum absolute atomic E-state index is 6.64. The van der Waals surface area contributed by atoms with Crippen molar-refractivity contribution in [2.75, 3.05) is 13.2 Å². The van der Waals surface area contributed by atoms with Crippen molar-refractivity contribution in [1.29, 1.82) is 0 Å². The molecule has 204 valence electrons. The smallest absolute Gasteiger partial charge is 0.238 e. The predicted molar refractivity (Wildman–Crippen MR) is 150 cm³/mol. The fourth-order valence-corrected chi connectivity index (χ4v) is 4.97. The lowest BCUT2D eigenvalue weighted by atomic mass is 9.94. The highest BCUT2D eigenvalue weighted by Crippen LogP contribution is 2.38. The van der Waals surface area contributed by atoms with Crippen molar-refractivity contribution >= 4 is 5.90 Å². The molecule has 0 aliphatic carbocycles. The van der Waals surface area contributed by atoms with Crippen LogP contribution in [-0.2, 0) is 43.5 Å². The van der Waals surface area contributed by atoms with Crippen LogP contribution in [0.3, 0.4) is 0 Å². The van der Waals surface area contributed by atoms with E-state index in [-0.39, 0.29) is 19.3 Å². The van der Waals surface area contributed by atoms with E-state index in [1.807, 2.05) is 109 Å². The molecule has 1 saturated heterocycles. The Bertz CT molecular complexity index is 1370. The number of rotatable bonds is 10. The third-order valence-electron chi connectivity index (χ3n) is 7.06. The van der Waals surface area contributed by atoms with E-state index >= 15 is 0 Å². The van der Waals surface area contributed by atoms with Crippen LogP contribution in [0.5, 0.6) is 0 Å². The Morgan fingerprint density at radius 1 is 0.675 bits per heavy atom. The fourth-order valence-electron chi connectivity index (χ4n) is 4.97. The molecule has 0 amide bonds. The topological polar surface area (TPSA) is 71.4 Å². The number of pyridine rings is 1. The first-order valence-electron chi connectivity index (χ1n) is 13.5. The first kappa shape index (κ1) is 26.3. The van der Waals surface area contributed by atoms with Gasteiger partial charge in [0, 0.05) is 6.20 Å². The molecule has 2 aliphatic heterocycles. The van der Waals surface area contributed by atoms with Gasteiger partial charge in [0.15, 0.2) is 0 Å². The molecule has 0 N–H and O–H groups in total. The van der Waals surface area contributed by atoms with Gasteiger partial charge in [-0.2, -0.15) is 0 Å². The van der Waals surface area contributed by atoms with E-state index in [2.05, 4.69) is 4.98 Å². The number of aliphatic imine (C=N–C) groups is 1. The van der Waals surface area contributed by atoms with Crippen molar-refractivity contribution in [3.8, 4) is 0 Å². The number of benzene rings is 3. The van der Waals surface area contributed by atoms with Crippen LogP contribution in [0.2, 0.25) is 0 Å². The summed E-state index contributed by atoms with van der Waals surface area (Å²) in [4.78, 5) is 9.37. The summed E-state index contributed by atoms with van der Waals surface area (Å²) in [6.45, 7) is 1.66. The molecule has 4 aromatic rings. The third kappa shape index (κ3) is 6.13. The molecule has 7 nitrogen and oxygen atoms in total. The highest BCUT2D eigenvalue weighted by Gasteiger charge is 2.56. The number of aromatic nitrogens is 1. The average molecular weight is 537 g/mol. The summed E-state index contributed by atoms with van der Waals surface area (Å²) in [5.74, 6) is 0.430. The lowest BCUT2D eigenvalue weighted by Crippen LogP contribution is -2.63. The normalized spacial score (nSPS) is 24.0. The van der Waals surface area contributed by atoms with Gasteiger partial charge in [-0.1, -0.05) is 97.1 Å². The molecular weight excluding hydrogens is 504 g/mol. The quantitative estimate of drug-likeness (QED) is 0.273. The van der Waals surface area contributed by atoms with Crippen LogP contribution in [0.25, 0.3) is 0 Å². The van der Waals surface area contributed by atoms with Crippen molar-refractivity contribution in [3.63, 3.8) is 0 Å². The summed E-state index contributed by atoms with van der Waals surface area (Å²) >= 11 is 0. The molecule has 1 aromatic heterocycles. The van der Waals surface area contributed by atoms with Gasteiger partial charge in [0.25, 0.3) is 0 Å². The molecular formula is C33H32N2O5. The van der Waals surface area contributed by atoms with Crippen molar-refractivity contribution in [2.24, 2.45) is 4.99 Å². The molecule has 3 heterocycles. The van der Waals surface area contributed by atoms with Gasteiger partial charge in [0.05, 0.1) is 26.4 Å². The van der Waals surface area contributed by atoms with Crippen LogP contribution in [0.4, 0.5) is 0 Å². The largest absolute Gasteiger partial charge is 0.471 e. The lowest BCUT2D eigenvalue weighted by Gasteiger charge is -2.45. The Morgan fingerprint density at radius 2 is 1.25 bits per heavy atom. The van der Waals surface area contributed by atoms with Crippen molar-refractivity contribution < 1.29 is 23.7 Å². The van der Waals surface area contributed by atoms with E-state index in [1.165, 1.54) is 0 Å². The second-order valence-electron chi connectivity index (χ2n) is 9.89. The molecule has 1 spiro atoms. The van der Waals surface area contributed by atoms with Crippen LogP contribution in [-0.4, -0.2) is 48.1 Å². The zero-order valence-electron chi connectivity index (χ0n) is 22.2. The molecule has 2 aliphatic rings. The minimum atomic E-state index is -1.10. The van der Waals surface area contributed by atoms with E-state index < -0.39 is 17.9 Å². The second-order valence-corrected chi connectivity index (χ2v) is 9.89. The summed E-state index contributed by atoms with van der Waals surface area (Å²) in [5.41, 5.74) is 2.72. The van der Waals surface area contributed by atoms with Gasteiger partial charge in [0.2, 0.25) is 11.6 Å². The van der Waals surface area contributed by atoms with Crippen LogP contribution in [0, 0.1) is 0 Å². The van der Waals surface area contributed by atoms with Crippen LogP contribution in [0.1, 0.15) is 22.4 Å². The van der Waals surface area contributed by atoms with E-state index in [0.29, 0.717) is 31.4 Å². The van der Waals surface area contributed by atoms with Gasteiger partial charge >= 0.3 is 0 Å². The SMILES string of the molecule is c1ccc(CO[C@@H]2[C@H](OCc3ccccc3)COC3(COC(c4ccccn4)=N3)[C@H]2OCc2ccccc2)cc1. The molecule has 6 rings (SSSR count). The summed E-state index contributed by atoms with van der Waals surface area (Å²) in [6.07, 6.45) is 0.254. The van der Waals surface area contributed by atoms with Crippen molar-refractivity contribution in [1.82, 2.24) is 4.98 Å². The van der Waals surface area contributed by atoms with E-state index in [1.54, 1.807) is 6.20 Å². The van der Waals surface area contributed by atoms with Gasteiger partial charge in [0.1, 0.15) is 30.6 Å². The minimum absolute atomic E-state index is 0.189. The third-order valence-corrected chi connectivity index (χ3v) is 7.06. The molecule has 40 heavy (non-hydrogen) atoms. The monoisotopic (exact) mass is 536 g/mol. The Kier molecular flexibility index (Phi) is 8.25.